The third-order valence-corrected chi connectivity index (χ3v) is 2.88. The van der Waals surface area contributed by atoms with E-state index in [0.717, 1.165) is 6.42 Å². The maximum absolute atomic E-state index is 9.63. The summed E-state index contributed by atoms with van der Waals surface area (Å²) in [6.07, 6.45) is 4.60. The van der Waals surface area contributed by atoms with Gasteiger partial charge in [0.2, 0.25) is 0 Å². The molecular formula is C9H19NO. The Labute approximate surface area is 69.0 Å². The van der Waals surface area contributed by atoms with Gasteiger partial charge in [-0.15, -0.1) is 0 Å². The zero-order chi connectivity index (χ0) is 8.27. The summed E-state index contributed by atoms with van der Waals surface area (Å²) in [5.74, 6) is 0.480. The fraction of sp³-hybridized carbons (Fsp3) is 1.00. The molecule has 3 atom stereocenters. The lowest BCUT2D eigenvalue weighted by atomic mass is 9.82. The van der Waals surface area contributed by atoms with Crippen LogP contribution in [0.25, 0.3) is 0 Å². The van der Waals surface area contributed by atoms with E-state index in [2.05, 4.69) is 12.2 Å². The molecule has 0 amide bonds. The van der Waals surface area contributed by atoms with Crippen LogP contribution in [0.2, 0.25) is 0 Å². The minimum absolute atomic E-state index is 0.0637. The molecule has 2 N–H and O–H groups in total. The Morgan fingerprint density at radius 1 is 1.36 bits per heavy atom. The smallest absolute Gasteiger partial charge is 0.0583 e. The predicted octanol–water partition coefficient (Wildman–Crippen LogP) is 1.15. The fourth-order valence-corrected chi connectivity index (χ4v) is 1.94. The van der Waals surface area contributed by atoms with Crippen molar-refractivity contribution in [3.63, 3.8) is 0 Å². The van der Waals surface area contributed by atoms with E-state index in [9.17, 15) is 5.11 Å². The summed E-state index contributed by atoms with van der Waals surface area (Å²) >= 11 is 0. The lowest BCUT2D eigenvalue weighted by Crippen LogP contribution is -2.39. The Balaban J connectivity index is 2.40. The second-order valence-corrected chi connectivity index (χ2v) is 3.59. The summed E-state index contributed by atoms with van der Waals surface area (Å²) in [6, 6.07) is 0.463. The van der Waals surface area contributed by atoms with Gasteiger partial charge >= 0.3 is 0 Å². The largest absolute Gasteiger partial charge is 0.393 e. The number of aliphatic hydroxyl groups is 1. The second kappa shape index (κ2) is 4.07. The van der Waals surface area contributed by atoms with E-state index in [1.807, 2.05) is 7.05 Å². The van der Waals surface area contributed by atoms with E-state index < -0.39 is 0 Å². The quantitative estimate of drug-likeness (QED) is 0.630. The summed E-state index contributed by atoms with van der Waals surface area (Å²) in [4.78, 5) is 0. The van der Waals surface area contributed by atoms with Crippen molar-refractivity contribution in [3.8, 4) is 0 Å². The van der Waals surface area contributed by atoms with Crippen LogP contribution >= 0.6 is 0 Å². The van der Waals surface area contributed by atoms with Gasteiger partial charge in [-0.2, -0.15) is 0 Å². The topological polar surface area (TPSA) is 32.3 Å². The third kappa shape index (κ3) is 2.17. The molecule has 0 aromatic carbocycles. The van der Waals surface area contributed by atoms with E-state index in [1.54, 1.807) is 0 Å². The number of hydrogen-bond donors (Lipinski definition) is 2. The van der Waals surface area contributed by atoms with Crippen LogP contribution in [0.1, 0.15) is 32.6 Å². The standard InChI is InChI=1S/C9H19NO/c1-7(10-2)8-5-3-4-6-9(8)11/h7-11H,3-6H2,1-2H3. The number of hydrogen-bond acceptors (Lipinski definition) is 2. The van der Waals surface area contributed by atoms with Gasteiger partial charge in [0, 0.05) is 6.04 Å². The number of nitrogens with one attached hydrogen (secondary N) is 1. The molecule has 0 radical (unpaired) electrons. The monoisotopic (exact) mass is 157 g/mol. The highest BCUT2D eigenvalue weighted by atomic mass is 16.3. The van der Waals surface area contributed by atoms with Crippen LogP contribution in [0.5, 0.6) is 0 Å². The third-order valence-electron chi connectivity index (χ3n) is 2.88. The van der Waals surface area contributed by atoms with Gasteiger partial charge in [0.25, 0.3) is 0 Å². The molecule has 1 rings (SSSR count). The van der Waals surface area contributed by atoms with Crippen LogP contribution in [-0.2, 0) is 0 Å². The first-order chi connectivity index (χ1) is 5.25. The molecule has 1 saturated carbocycles. The predicted molar refractivity (Wildman–Crippen MR) is 46.5 cm³/mol. The molecule has 0 bridgehead atoms. The first-order valence-corrected chi connectivity index (χ1v) is 4.61. The maximum atomic E-state index is 9.63. The highest BCUT2D eigenvalue weighted by molar-refractivity contribution is 4.81. The van der Waals surface area contributed by atoms with E-state index >= 15 is 0 Å². The molecule has 0 aromatic rings. The van der Waals surface area contributed by atoms with Crippen LogP contribution < -0.4 is 5.32 Å². The van der Waals surface area contributed by atoms with Gasteiger partial charge in [-0.05, 0) is 32.7 Å². The average Bonchev–Trinajstić information content (AvgIpc) is 2.04. The molecular weight excluding hydrogens is 138 g/mol. The van der Waals surface area contributed by atoms with Gasteiger partial charge in [-0.1, -0.05) is 12.8 Å². The van der Waals surface area contributed by atoms with Crippen molar-refractivity contribution in [1.82, 2.24) is 5.32 Å². The molecule has 2 nitrogen and oxygen atoms in total. The average molecular weight is 157 g/mol. The Hall–Kier alpha value is -0.0800. The summed E-state index contributed by atoms with van der Waals surface area (Å²) in [5.41, 5.74) is 0. The van der Waals surface area contributed by atoms with Gasteiger partial charge in [0.15, 0.2) is 0 Å². The van der Waals surface area contributed by atoms with Crippen LogP contribution in [-0.4, -0.2) is 24.3 Å². The minimum atomic E-state index is -0.0637. The van der Waals surface area contributed by atoms with E-state index in [4.69, 9.17) is 0 Å². The van der Waals surface area contributed by atoms with Gasteiger partial charge in [0.1, 0.15) is 0 Å². The molecule has 2 heteroatoms. The van der Waals surface area contributed by atoms with Gasteiger partial charge in [-0.3, -0.25) is 0 Å². The van der Waals surface area contributed by atoms with Crippen molar-refractivity contribution in [3.05, 3.63) is 0 Å². The molecule has 0 saturated heterocycles. The van der Waals surface area contributed by atoms with Gasteiger partial charge in [0.05, 0.1) is 6.10 Å². The molecule has 0 aliphatic heterocycles. The van der Waals surface area contributed by atoms with Crippen molar-refractivity contribution in [2.45, 2.75) is 44.8 Å². The Morgan fingerprint density at radius 2 is 2.00 bits per heavy atom. The highest BCUT2D eigenvalue weighted by Crippen LogP contribution is 2.26. The highest BCUT2D eigenvalue weighted by Gasteiger charge is 2.26. The molecule has 11 heavy (non-hydrogen) atoms. The lowest BCUT2D eigenvalue weighted by molar-refractivity contribution is 0.0534. The van der Waals surface area contributed by atoms with E-state index in [-0.39, 0.29) is 6.10 Å². The van der Waals surface area contributed by atoms with Crippen LogP contribution in [0, 0.1) is 5.92 Å². The van der Waals surface area contributed by atoms with Gasteiger partial charge < -0.3 is 10.4 Å². The molecule has 1 fully saturated rings. The molecule has 0 aromatic heterocycles. The minimum Gasteiger partial charge on any atom is -0.393 e. The number of rotatable bonds is 2. The Bertz CT molecular complexity index is 112. The van der Waals surface area contributed by atoms with Crippen molar-refractivity contribution in [1.29, 1.82) is 0 Å². The summed E-state index contributed by atoms with van der Waals surface area (Å²) in [7, 11) is 1.96. The lowest BCUT2D eigenvalue weighted by Gasteiger charge is -2.32. The van der Waals surface area contributed by atoms with E-state index in [1.165, 1.54) is 19.3 Å². The Morgan fingerprint density at radius 3 is 2.55 bits per heavy atom. The van der Waals surface area contributed by atoms with Crippen LogP contribution in [0.4, 0.5) is 0 Å². The summed E-state index contributed by atoms with van der Waals surface area (Å²) < 4.78 is 0. The van der Waals surface area contributed by atoms with Gasteiger partial charge in [-0.25, -0.2) is 0 Å². The Kier molecular flexibility index (Phi) is 3.34. The van der Waals surface area contributed by atoms with Crippen molar-refractivity contribution in [2.75, 3.05) is 7.05 Å². The van der Waals surface area contributed by atoms with Crippen molar-refractivity contribution >= 4 is 0 Å². The maximum Gasteiger partial charge on any atom is 0.0583 e. The second-order valence-electron chi connectivity index (χ2n) is 3.59. The van der Waals surface area contributed by atoms with E-state index in [0.29, 0.717) is 12.0 Å². The fourth-order valence-electron chi connectivity index (χ4n) is 1.94. The van der Waals surface area contributed by atoms with Crippen molar-refractivity contribution < 1.29 is 5.11 Å². The summed E-state index contributed by atoms with van der Waals surface area (Å²) in [5, 5.41) is 12.8. The molecule has 0 heterocycles. The number of aliphatic hydroxyl groups excluding tert-OH is 1. The SMILES string of the molecule is CNC(C)C1CCCCC1O. The summed E-state index contributed by atoms with van der Waals surface area (Å²) in [6.45, 7) is 2.15. The normalized spacial score (nSPS) is 35.2. The molecule has 66 valence electrons. The van der Waals surface area contributed by atoms with Crippen molar-refractivity contribution in [2.24, 2.45) is 5.92 Å². The zero-order valence-electron chi connectivity index (χ0n) is 7.51. The molecule has 3 unspecified atom stereocenters. The molecule has 1 aliphatic carbocycles. The first-order valence-electron chi connectivity index (χ1n) is 4.61. The first kappa shape index (κ1) is 9.01. The zero-order valence-corrected chi connectivity index (χ0v) is 7.51. The van der Waals surface area contributed by atoms with Crippen LogP contribution in [0.15, 0.2) is 0 Å². The van der Waals surface area contributed by atoms with Crippen LogP contribution in [0.3, 0.4) is 0 Å². The molecule has 0 spiro atoms. The molecule has 1 aliphatic rings.